The second kappa shape index (κ2) is 4.29. The number of halogens is 3. The first kappa shape index (κ1) is 11.6. The molecule has 4 nitrogen and oxygen atoms in total. The Bertz CT molecular complexity index is 743. The first-order chi connectivity index (χ1) is 8.66. The van der Waals surface area contributed by atoms with Crippen molar-refractivity contribution in [2.24, 2.45) is 0 Å². The third-order valence-corrected chi connectivity index (χ3v) is 3.28. The normalized spacial score (nSPS) is 11.1. The molecule has 7 heteroatoms. The van der Waals surface area contributed by atoms with Gasteiger partial charge in [0.05, 0.1) is 5.39 Å². The molecule has 0 amide bonds. The van der Waals surface area contributed by atoms with Crippen LogP contribution in [0.3, 0.4) is 0 Å². The lowest BCUT2D eigenvalue weighted by Crippen LogP contribution is -1.97. The summed E-state index contributed by atoms with van der Waals surface area (Å²) in [5, 5.41) is 0.867. The number of aromatic nitrogens is 4. The van der Waals surface area contributed by atoms with E-state index in [9.17, 15) is 4.39 Å². The molecular formula is C11H5BrClFN4. The molecule has 0 saturated heterocycles. The summed E-state index contributed by atoms with van der Waals surface area (Å²) >= 11 is 9.19. The Morgan fingerprint density at radius 3 is 2.89 bits per heavy atom. The first-order valence-electron chi connectivity index (χ1n) is 4.96. The van der Waals surface area contributed by atoms with Crippen molar-refractivity contribution in [3.05, 3.63) is 46.3 Å². The highest BCUT2D eigenvalue weighted by molar-refractivity contribution is 9.10. The average molecular weight is 328 g/mol. The minimum atomic E-state index is -0.576. The summed E-state index contributed by atoms with van der Waals surface area (Å²) in [5.74, 6) is -0.0102. The van der Waals surface area contributed by atoms with Gasteiger partial charge in [-0.1, -0.05) is 11.6 Å². The molecule has 0 aliphatic heterocycles. The fourth-order valence-electron chi connectivity index (χ4n) is 1.68. The molecule has 90 valence electrons. The summed E-state index contributed by atoms with van der Waals surface area (Å²) in [6, 6.07) is 3.34. The van der Waals surface area contributed by atoms with E-state index in [-0.39, 0.29) is 0 Å². The van der Waals surface area contributed by atoms with Crippen LogP contribution in [0.5, 0.6) is 0 Å². The van der Waals surface area contributed by atoms with Crippen molar-refractivity contribution >= 4 is 38.6 Å². The molecule has 0 unspecified atom stereocenters. The molecule has 0 radical (unpaired) electrons. The van der Waals surface area contributed by atoms with Gasteiger partial charge in [-0.15, -0.1) is 0 Å². The minimum absolute atomic E-state index is 0.319. The van der Waals surface area contributed by atoms with E-state index in [4.69, 9.17) is 11.6 Å². The smallest absolute Gasteiger partial charge is 0.226 e. The van der Waals surface area contributed by atoms with Gasteiger partial charge in [0.15, 0.2) is 5.65 Å². The Hall–Kier alpha value is -1.53. The lowest BCUT2D eigenvalue weighted by Gasteiger charge is -2.03. The van der Waals surface area contributed by atoms with E-state index in [2.05, 4.69) is 30.9 Å². The minimum Gasteiger partial charge on any atom is -0.284 e. The van der Waals surface area contributed by atoms with Gasteiger partial charge < -0.3 is 0 Å². The SMILES string of the molecule is Fc1ncnc2c1c(Br)cn2-c1cc(Cl)ccn1. The van der Waals surface area contributed by atoms with Gasteiger partial charge in [0.25, 0.3) is 0 Å². The number of hydrogen-bond acceptors (Lipinski definition) is 3. The van der Waals surface area contributed by atoms with Crippen molar-refractivity contribution in [3.8, 4) is 5.82 Å². The average Bonchev–Trinajstić information content (AvgIpc) is 2.68. The molecule has 0 aromatic carbocycles. The number of nitrogens with zero attached hydrogens (tertiary/aromatic N) is 4. The maximum Gasteiger partial charge on any atom is 0.226 e. The van der Waals surface area contributed by atoms with Crippen molar-refractivity contribution in [1.82, 2.24) is 19.5 Å². The number of rotatable bonds is 1. The van der Waals surface area contributed by atoms with Crippen molar-refractivity contribution in [3.63, 3.8) is 0 Å². The number of fused-ring (bicyclic) bond motifs is 1. The quantitative estimate of drug-likeness (QED) is 0.644. The predicted octanol–water partition coefficient (Wildman–Crippen LogP) is 3.37. The molecule has 0 N–H and O–H groups in total. The Balaban J connectivity index is 2.34. The van der Waals surface area contributed by atoms with Gasteiger partial charge in [-0.05, 0) is 22.0 Å². The molecule has 3 aromatic rings. The van der Waals surface area contributed by atoms with Crippen LogP contribution in [-0.2, 0) is 0 Å². The highest BCUT2D eigenvalue weighted by Crippen LogP contribution is 2.28. The summed E-state index contributed by atoms with van der Waals surface area (Å²) in [5.41, 5.74) is 0.434. The van der Waals surface area contributed by atoms with Crippen LogP contribution in [0.15, 0.2) is 35.3 Å². The van der Waals surface area contributed by atoms with Gasteiger partial charge in [-0.3, -0.25) is 4.57 Å². The lowest BCUT2D eigenvalue weighted by molar-refractivity contribution is 0.593. The first-order valence-corrected chi connectivity index (χ1v) is 6.13. The number of pyridine rings is 1. The van der Waals surface area contributed by atoms with Crippen molar-refractivity contribution in [1.29, 1.82) is 0 Å². The fourth-order valence-corrected chi connectivity index (χ4v) is 2.38. The monoisotopic (exact) mass is 326 g/mol. The zero-order valence-electron chi connectivity index (χ0n) is 8.81. The van der Waals surface area contributed by atoms with Crippen LogP contribution >= 0.6 is 27.5 Å². The van der Waals surface area contributed by atoms with Crippen LogP contribution < -0.4 is 0 Å². The van der Waals surface area contributed by atoms with Crippen LogP contribution in [0.1, 0.15) is 0 Å². The largest absolute Gasteiger partial charge is 0.284 e. The Labute approximate surface area is 115 Å². The van der Waals surface area contributed by atoms with Gasteiger partial charge in [-0.2, -0.15) is 4.39 Å². The van der Waals surface area contributed by atoms with Gasteiger partial charge >= 0.3 is 0 Å². The van der Waals surface area contributed by atoms with E-state index in [1.807, 2.05) is 0 Å². The molecule has 0 atom stereocenters. The van der Waals surface area contributed by atoms with Crippen LogP contribution in [0.2, 0.25) is 5.02 Å². The molecular weight excluding hydrogens is 323 g/mol. The number of hydrogen-bond donors (Lipinski definition) is 0. The molecule has 0 aliphatic rings. The predicted molar refractivity (Wildman–Crippen MR) is 69.3 cm³/mol. The summed E-state index contributed by atoms with van der Waals surface area (Å²) in [6.45, 7) is 0. The second-order valence-electron chi connectivity index (χ2n) is 3.54. The summed E-state index contributed by atoms with van der Waals surface area (Å²) in [4.78, 5) is 11.8. The van der Waals surface area contributed by atoms with Gasteiger partial charge in [0.1, 0.15) is 12.1 Å². The summed E-state index contributed by atoms with van der Waals surface area (Å²) in [7, 11) is 0. The van der Waals surface area contributed by atoms with Crippen molar-refractivity contribution in [2.45, 2.75) is 0 Å². The molecule has 0 saturated carbocycles. The van der Waals surface area contributed by atoms with E-state index in [0.717, 1.165) is 0 Å². The Kier molecular flexibility index (Phi) is 2.76. The summed E-state index contributed by atoms with van der Waals surface area (Å²) in [6.07, 6.45) is 4.43. The molecule has 18 heavy (non-hydrogen) atoms. The van der Waals surface area contributed by atoms with E-state index in [1.165, 1.54) is 6.33 Å². The van der Waals surface area contributed by atoms with E-state index in [0.29, 0.717) is 26.3 Å². The Morgan fingerprint density at radius 1 is 1.28 bits per heavy atom. The van der Waals surface area contributed by atoms with Crippen LogP contribution in [0.4, 0.5) is 4.39 Å². The fraction of sp³-hybridized carbons (Fsp3) is 0. The molecule has 3 rings (SSSR count). The maximum atomic E-state index is 13.6. The van der Waals surface area contributed by atoms with Gasteiger partial charge in [-0.25, -0.2) is 15.0 Å². The molecule has 0 aliphatic carbocycles. The van der Waals surface area contributed by atoms with Crippen LogP contribution in [-0.4, -0.2) is 19.5 Å². The van der Waals surface area contributed by atoms with Crippen LogP contribution in [0, 0.1) is 5.95 Å². The topological polar surface area (TPSA) is 43.6 Å². The van der Waals surface area contributed by atoms with E-state index < -0.39 is 5.95 Å². The lowest BCUT2D eigenvalue weighted by atomic mass is 10.4. The zero-order valence-corrected chi connectivity index (χ0v) is 11.2. The highest BCUT2D eigenvalue weighted by Gasteiger charge is 2.14. The third kappa shape index (κ3) is 1.77. The summed E-state index contributed by atoms with van der Waals surface area (Å²) < 4.78 is 15.8. The van der Waals surface area contributed by atoms with E-state index >= 15 is 0 Å². The van der Waals surface area contributed by atoms with Gasteiger partial charge in [0.2, 0.25) is 5.95 Å². The second-order valence-corrected chi connectivity index (χ2v) is 4.83. The van der Waals surface area contributed by atoms with E-state index in [1.54, 1.807) is 29.1 Å². The van der Waals surface area contributed by atoms with Crippen molar-refractivity contribution < 1.29 is 4.39 Å². The zero-order chi connectivity index (χ0) is 12.7. The highest BCUT2D eigenvalue weighted by atomic mass is 79.9. The van der Waals surface area contributed by atoms with Gasteiger partial charge in [0, 0.05) is 28.0 Å². The molecule has 3 heterocycles. The molecule has 0 bridgehead atoms. The standard InChI is InChI=1S/C11H5BrClFN4/c12-7-4-18(8-3-6(13)1-2-15-8)11-9(7)10(14)16-5-17-11/h1-5H. The maximum absolute atomic E-state index is 13.6. The molecule has 3 aromatic heterocycles. The molecule has 0 fully saturated rings. The molecule has 0 spiro atoms. The Morgan fingerprint density at radius 2 is 2.11 bits per heavy atom. The van der Waals surface area contributed by atoms with Crippen LogP contribution in [0.25, 0.3) is 16.9 Å². The third-order valence-electron chi connectivity index (χ3n) is 2.44. The van der Waals surface area contributed by atoms with Crippen molar-refractivity contribution in [2.75, 3.05) is 0 Å².